The number of terminal acetylenes is 1. The van der Waals surface area contributed by atoms with Crippen LogP contribution < -0.4 is 4.74 Å². The van der Waals surface area contributed by atoms with Gasteiger partial charge in [0.2, 0.25) is 0 Å². The maximum Gasteiger partial charge on any atom is 0.260 e. The van der Waals surface area contributed by atoms with Gasteiger partial charge in [0.15, 0.2) is 6.61 Å². The molecule has 24 heavy (non-hydrogen) atoms. The summed E-state index contributed by atoms with van der Waals surface area (Å²) in [5, 5.41) is 0. The number of rotatable bonds is 7. The first kappa shape index (κ1) is 18.4. The van der Waals surface area contributed by atoms with Crippen LogP contribution in [-0.4, -0.2) is 43.7 Å². The summed E-state index contributed by atoms with van der Waals surface area (Å²) in [7, 11) is 0. The van der Waals surface area contributed by atoms with Gasteiger partial charge in [0.1, 0.15) is 12.4 Å². The van der Waals surface area contributed by atoms with Gasteiger partial charge in [0.25, 0.3) is 5.91 Å². The van der Waals surface area contributed by atoms with Gasteiger partial charge in [-0.2, -0.15) is 0 Å². The third-order valence-electron chi connectivity index (χ3n) is 4.32. The second kappa shape index (κ2) is 9.34. The van der Waals surface area contributed by atoms with Crippen molar-refractivity contribution in [2.75, 3.05) is 32.9 Å². The molecule has 0 bridgehead atoms. The van der Waals surface area contributed by atoms with Crippen molar-refractivity contribution in [1.29, 1.82) is 0 Å². The number of amides is 1. The van der Waals surface area contributed by atoms with Gasteiger partial charge in [0.05, 0.1) is 6.61 Å². The Kier molecular flexibility index (Phi) is 7.14. The smallest absolute Gasteiger partial charge is 0.260 e. The monoisotopic (exact) mass is 329 g/mol. The number of hydrogen-bond acceptors (Lipinski definition) is 3. The summed E-state index contributed by atoms with van der Waals surface area (Å²) in [6.07, 6.45) is 7.26. The topological polar surface area (TPSA) is 38.8 Å². The Balaban J connectivity index is 1.78. The van der Waals surface area contributed by atoms with Crippen LogP contribution in [0, 0.1) is 18.3 Å². The molecule has 0 spiro atoms. The molecular weight excluding hydrogens is 302 g/mol. The van der Waals surface area contributed by atoms with E-state index in [1.54, 1.807) is 0 Å². The Bertz CT molecular complexity index is 559. The summed E-state index contributed by atoms with van der Waals surface area (Å²) < 4.78 is 11.0. The van der Waals surface area contributed by atoms with Gasteiger partial charge in [-0.3, -0.25) is 4.79 Å². The average Bonchev–Trinajstić information content (AvgIpc) is 2.60. The summed E-state index contributed by atoms with van der Waals surface area (Å²) in [4.78, 5) is 14.2. The molecule has 1 aromatic carbocycles. The van der Waals surface area contributed by atoms with Crippen LogP contribution in [0.5, 0.6) is 5.75 Å². The van der Waals surface area contributed by atoms with Crippen LogP contribution in [0.1, 0.15) is 38.2 Å². The summed E-state index contributed by atoms with van der Waals surface area (Å²) in [6.45, 7) is 6.85. The number of hydrogen-bond donors (Lipinski definition) is 0. The lowest BCUT2D eigenvalue weighted by Gasteiger charge is -2.32. The molecule has 1 atom stereocenters. The van der Waals surface area contributed by atoms with Crippen molar-refractivity contribution in [3.63, 3.8) is 0 Å². The molecule has 1 fully saturated rings. The molecule has 1 amide bonds. The largest absolute Gasteiger partial charge is 0.484 e. The zero-order chi connectivity index (χ0) is 17.4. The Labute approximate surface area is 145 Å². The van der Waals surface area contributed by atoms with E-state index in [0.29, 0.717) is 25.0 Å². The van der Waals surface area contributed by atoms with Crippen molar-refractivity contribution >= 4 is 5.91 Å². The first-order valence-electron chi connectivity index (χ1n) is 8.62. The first-order valence-corrected chi connectivity index (χ1v) is 8.62. The number of piperidine rings is 1. The van der Waals surface area contributed by atoms with Crippen LogP contribution in [0.25, 0.3) is 0 Å². The zero-order valence-electron chi connectivity index (χ0n) is 14.7. The van der Waals surface area contributed by atoms with Gasteiger partial charge < -0.3 is 14.4 Å². The molecule has 1 saturated heterocycles. The molecule has 0 aliphatic carbocycles. The second-order valence-corrected chi connectivity index (χ2v) is 6.58. The third kappa shape index (κ3) is 5.58. The maximum atomic E-state index is 12.3. The average molecular weight is 329 g/mol. The predicted octanol–water partition coefficient (Wildman–Crippen LogP) is 3.08. The van der Waals surface area contributed by atoms with E-state index in [9.17, 15) is 4.79 Å². The molecule has 1 aromatic rings. The van der Waals surface area contributed by atoms with E-state index in [4.69, 9.17) is 15.9 Å². The molecule has 0 radical (unpaired) electrons. The molecular formula is C20H27NO3. The van der Waals surface area contributed by atoms with E-state index < -0.39 is 0 Å². The van der Waals surface area contributed by atoms with E-state index in [1.807, 2.05) is 29.2 Å². The fraction of sp³-hybridized carbons (Fsp3) is 0.550. The highest BCUT2D eigenvalue weighted by atomic mass is 16.5. The quantitative estimate of drug-likeness (QED) is 0.570. The van der Waals surface area contributed by atoms with Gasteiger partial charge in [-0.15, -0.1) is 6.42 Å². The minimum atomic E-state index is 0.0320. The van der Waals surface area contributed by atoms with Crippen molar-refractivity contribution in [3.8, 4) is 18.1 Å². The highest BCUT2D eigenvalue weighted by Gasteiger charge is 2.24. The van der Waals surface area contributed by atoms with Gasteiger partial charge in [0, 0.05) is 13.1 Å². The standard InChI is InChI=1S/C20H27NO3/c1-4-12-23-14-17-6-5-11-21(13-17)20(22)15-24-19-9-7-18(8-10-19)16(2)3/h1,7-10,16-17H,5-6,11-15H2,2-3H3. The highest BCUT2D eigenvalue weighted by Crippen LogP contribution is 2.20. The lowest BCUT2D eigenvalue weighted by Crippen LogP contribution is -2.43. The van der Waals surface area contributed by atoms with Crippen LogP contribution in [0.15, 0.2) is 24.3 Å². The lowest BCUT2D eigenvalue weighted by atomic mass is 9.99. The molecule has 1 aliphatic rings. The Morgan fingerprint density at radius 1 is 1.38 bits per heavy atom. The predicted molar refractivity (Wildman–Crippen MR) is 95.0 cm³/mol. The fourth-order valence-electron chi connectivity index (χ4n) is 2.90. The zero-order valence-corrected chi connectivity index (χ0v) is 14.7. The lowest BCUT2D eigenvalue weighted by molar-refractivity contribution is -0.135. The minimum absolute atomic E-state index is 0.0320. The molecule has 4 nitrogen and oxygen atoms in total. The van der Waals surface area contributed by atoms with E-state index in [0.717, 1.165) is 31.7 Å². The summed E-state index contributed by atoms with van der Waals surface area (Å²) >= 11 is 0. The highest BCUT2D eigenvalue weighted by molar-refractivity contribution is 5.77. The number of nitrogens with zero attached hydrogens (tertiary/aromatic N) is 1. The first-order chi connectivity index (χ1) is 11.6. The summed E-state index contributed by atoms with van der Waals surface area (Å²) in [6, 6.07) is 7.94. The van der Waals surface area contributed by atoms with Gasteiger partial charge >= 0.3 is 0 Å². The number of benzene rings is 1. The molecule has 1 heterocycles. The summed E-state index contributed by atoms with van der Waals surface area (Å²) in [5.41, 5.74) is 1.26. The van der Waals surface area contributed by atoms with E-state index in [1.165, 1.54) is 5.56 Å². The Morgan fingerprint density at radius 3 is 2.79 bits per heavy atom. The van der Waals surface area contributed by atoms with E-state index in [-0.39, 0.29) is 12.5 Å². The minimum Gasteiger partial charge on any atom is -0.484 e. The molecule has 0 saturated carbocycles. The number of carbonyl (C=O) groups excluding carboxylic acids is 1. The number of carbonyl (C=O) groups is 1. The second-order valence-electron chi connectivity index (χ2n) is 6.58. The molecule has 2 rings (SSSR count). The molecule has 4 heteroatoms. The molecule has 1 unspecified atom stereocenters. The molecule has 0 N–H and O–H groups in total. The maximum absolute atomic E-state index is 12.3. The van der Waals surface area contributed by atoms with E-state index in [2.05, 4.69) is 19.8 Å². The molecule has 1 aliphatic heterocycles. The number of ether oxygens (including phenoxy) is 2. The van der Waals surface area contributed by atoms with Crippen LogP contribution >= 0.6 is 0 Å². The van der Waals surface area contributed by atoms with Crippen molar-refractivity contribution in [2.24, 2.45) is 5.92 Å². The Morgan fingerprint density at radius 2 is 2.12 bits per heavy atom. The normalized spacial score (nSPS) is 17.6. The number of likely N-dealkylation sites (tertiary alicyclic amines) is 1. The van der Waals surface area contributed by atoms with Gasteiger partial charge in [-0.25, -0.2) is 0 Å². The van der Waals surface area contributed by atoms with Crippen LogP contribution in [0.3, 0.4) is 0 Å². The van der Waals surface area contributed by atoms with Crippen LogP contribution in [-0.2, 0) is 9.53 Å². The van der Waals surface area contributed by atoms with Crippen molar-refractivity contribution in [2.45, 2.75) is 32.6 Å². The van der Waals surface area contributed by atoms with Gasteiger partial charge in [-0.1, -0.05) is 31.9 Å². The SMILES string of the molecule is C#CCOCC1CCCN(C(=O)COc2ccc(C(C)C)cc2)C1. The molecule has 0 aromatic heterocycles. The van der Waals surface area contributed by atoms with Gasteiger partial charge in [-0.05, 0) is 42.4 Å². The third-order valence-corrected chi connectivity index (χ3v) is 4.32. The van der Waals surface area contributed by atoms with Crippen molar-refractivity contribution in [3.05, 3.63) is 29.8 Å². The fourth-order valence-corrected chi connectivity index (χ4v) is 2.90. The van der Waals surface area contributed by atoms with E-state index >= 15 is 0 Å². The molecule has 130 valence electrons. The van der Waals surface area contributed by atoms with Crippen LogP contribution in [0.4, 0.5) is 0 Å². The Hall–Kier alpha value is -1.99. The van der Waals surface area contributed by atoms with Crippen molar-refractivity contribution in [1.82, 2.24) is 4.90 Å². The van der Waals surface area contributed by atoms with Crippen molar-refractivity contribution < 1.29 is 14.3 Å². The van der Waals surface area contributed by atoms with Crippen LogP contribution in [0.2, 0.25) is 0 Å². The summed E-state index contributed by atoms with van der Waals surface area (Å²) in [5.74, 6) is 4.09.